The number of alkyl halides is 3. The van der Waals surface area contributed by atoms with E-state index < -0.39 is 12.1 Å². The van der Waals surface area contributed by atoms with Gasteiger partial charge in [0.2, 0.25) is 0 Å². The molecule has 3 rings (SSSR count). The average Bonchev–Trinajstić information content (AvgIpc) is 3.29. The Kier molecular flexibility index (Phi) is 7.93. The van der Waals surface area contributed by atoms with Crippen LogP contribution in [0.15, 0.2) is 16.7 Å². The molecule has 3 heterocycles. The van der Waals surface area contributed by atoms with Crippen molar-refractivity contribution in [2.75, 3.05) is 32.8 Å². The number of hydrogen-bond donors (Lipinski definition) is 1. The number of aliphatic carboxylic acids is 1. The number of carbonyl (C=O) groups is 2. The molecule has 1 aromatic heterocycles. The van der Waals surface area contributed by atoms with E-state index in [1.165, 1.54) is 0 Å². The smallest absolute Gasteiger partial charge is 0.475 e. The molecule has 1 N–H and O–H groups in total. The molecule has 0 saturated carbocycles. The molecule has 2 aliphatic rings. The summed E-state index contributed by atoms with van der Waals surface area (Å²) in [6, 6.07) is 2.34. The molecule has 1 aromatic rings. The van der Waals surface area contributed by atoms with Crippen molar-refractivity contribution in [2.45, 2.75) is 57.9 Å². The van der Waals surface area contributed by atoms with Gasteiger partial charge in [-0.25, -0.2) is 4.79 Å². The molecule has 2 atom stereocenters. The molecule has 2 aliphatic heterocycles. The quantitative estimate of drug-likeness (QED) is 0.783. The molecule has 0 bridgehead atoms. The van der Waals surface area contributed by atoms with Crippen LogP contribution in [0.25, 0.3) is 0 Å². The second-order valence-electron chi connectivity index (χ2n) is 7.57. The molecule has 0 aromatic carbocycles. The highest BCUT2D eigenvalue weighted by molar-refractivity contribution is 5.95. The summed E-state index contributed by atoms with van der Waals surface area (Å²) >= 11 is 0. The van der Waals surface area contributed by atoms with Gasteiger partial charge in [-0.1, -0.05) is 13.8 Å². The number of amides is 1. The predicted octanol–water partition coefficient (Wildman–Crippen LogP) is 3.33. The van der Waals surface area contributed by atoms with E-state index in [0.717, 1.165) is 45.5 Å². The lowest BCUT2D eigenvalue weighted by Crippen LogP contribution is -2.50. The Labute approximate surface area is 173 Å². The number of halogens is 3. The summed E-state index contributed by atoms with van der Waals surface area (Å²) in [6.07, 6.45) is -0.434. The van der Waals surface area contributed by atoms with Crippen molar-refractivity contribution >= 4 is 11.9 Å². The van der Waals surface area contributed by atoms with Crippen molar-refractivity contribution in [3.05, 3.63) is 23.7 Å². The molecule has 170 valence electrons. The third kappa shape index (κ3) is 5.75. The van der Waals surface area contributed by atoms with Gasteiger partial charge >= 0.3 is 12.1 Å². The van der Waals surface area contributed by atoms with Gasteiger partial charge in [0.05, 0.1) is 24.0 Å². The van der Waals surface area contributed by atoms with Crippen LogP contribution in [-0.4, -0.2) is 77.4 Å². The highest BCUT2D eigenvalue weighted by Gasteiger charge is 2.45. The number of rotatable bonds is 4. The molecule has 7 nitrogen and oxygen atoms in total. The largest absolute Gasteiger partial charge is 0.490 e. The van der Waals surface area contributed by atoms with Crippen molar-refractivity contribution in [1.29, 1.82) is 0 Å². The standard InChI is InChI=1S/C18H28N2O3.C2HF3O2/c1-4-19(5-2)15-6-11-23-18(12-15)8-9-20(13-18)17(21)16-7-10-22-14(16)3;3-2(4,5)1(6)7/h7,10,15H,4-6,8-9,11-13H2,1-3H3;(H,6,7)/t15-,18+;/m0./s1. The summed E-state index contributed by atoms with van der Waals surface area (Å²) in [4.78, 5) is 26.0. The zero-order chi connectivity index (χ0) is 22.5. The number of likely N-dealkylation sites (tertiary alicyclic amines) is 1. The fourth-order valence-corrected chi connectivity index (χ4v) is 4.13. The molecule has 0 unspecified atom stereocenters. The van der Waals surface area contributed by atoms with E-state index in [1.807, 2.05) is 11.8 Å². The minimum atomic E-state index is -5.08. The van der Waals surface area contributed by atoms with E-state index in [9.17, 15) is 18.0 Å². The maximum absolute atomic E-state index is 12.7. The van der Waals surface area contributed by atoms with Gasteiger partial charge in [-0.05, 0) is 45.3 Å². The number of aryl methyl sites for hydroxylation is 1. The molecule has 0 aliphatic carbocycles. The third-order valence-corrected chi connectivity index (χ3v) is 5.73. The monoisotopic (exact) mass is 434 g/mol. The Hall–Kier alpha value is -2.07. The number of nitrogens with zero attached hydrogens (tertiary/aromatic N) is 2. The number of carboxylic acids is 1. The molecule has 0 radical (unpaired) electrons. The molecule has 30 heavy (non-hydrogen) atoms. The first kappa shape index (κ1) is 24.2. The van der Waals surface area contributed by atoms with E-state index in [-0.39, 0.29) is 11.5 Å². The topological polar surface area (TPSA) is 83.2 Å². The van der Waals surface area contributed by atoms with Gasteiger partial charge in [-0.2, -0.15) is 13.2 Å². The maximum Gasteiger partial charge on any atom is 0.490 e. The molecule has 10 heteroatoms. The summed E-state index contributed by atoms with van der Waals surface area (Å²) in [6.45, 7) is 10.7. The summed E-state index contributed by atoms with van der Waals surface area (Å²) in [5.41, 5.74) is 0.525. The zero-order valence-electron chi connectivity index (χ0n) is 17.5. The number of carboxylic acid groups (broad SMARTS) is 1. The Balaban J connectivity index is 0.000000396. The lowest BCUT2D eigenvalue weighted by Gasteiger charge is -2.42. The van der Waals surface area contributed by atoms with Crippen LogP contribution in [0.4, 0.5) is 13.2 Å². The first-order chi connectivity index (χ1) is 14.0. The second-order valence-corrected chi connectivity index (χ2v) is 7.57. The van der Waals surface area contributed by atoms with Gasteiger partial charge in [0.25, 0.3) is 5.91 Å². The van der Waals surface area contributed by atoms with E-state index in [1.54, 1.807) is 12.3 Å². The van der Waals surface area contributed by atoms with Crippen LogP contribution in [0.3, 0.4) is 0 Å². The lowest BCUT2D eigenvalue weighted by molar-refractivity contribution is -0.192. The second kappa shape index (κ2) is 9.82. The van der Waals surface area contributed by atoms with Crippen LogP contribution in [-0.2, 0) is 9.53 Å². The van der Waals surface area contributed by atoms with Gasteiger partial charge in [0, 0.05) is 19.2 Å². The molecule has 2 saturated heterocycles. The number of furan rings is 1. The summed E-state index contributed by atoms with van der Waals surface area (Å²) < 4.78 is 43.2. The maximum atomic E-state index is 12.7. The van der Waals surface area contributed by atoms with Gasteiger partial charge in [-0.3, -0.25) is 4.79 Å². The highest BCUT2D eigenvalue weighted by atomic mass is 19.4. The van der Waals surface area contributed by atoms with Crippen LogP contribution in [0.1, 0.15) is 49.2 Å². The molecule has 1 amide bonds. The van der Waals surface area contributed by atoms with E-state index in [4.69, 9.17) is 19.1 Å². The van der Waals surface area contributed by atoms with Gasteiger partial charge < -0.3 is 24.1 Å². The van der Waals surface area contributed by atoms with Crippen LogP contribution in [0.5, 0.6) is 0 Å². The van der Waals surface area contributed by atoms with E-state index in [2.05, 4.69) is 18.7 Å². The number of hydrogen-bond acceptors (Lipinski definition) is 5. The van der Waals surface area contributed by atoms with Crippen LogP contribution in [0, 0.1) is 6.92 Å². The third-order valence-electron chi connectivity index (χ3n) is 5.73. The van der Waals surface area contributed by atoms with E-state index >= 15 is 0 Å². The Bertz CT molecular complexity index is 732. The van der Waals surface area contributed by atoms with Crippen molar-refractivity contribution in [1.82, 2.24) is 9.80 Å². The van der Waals surface area contributed by atoms with E-state index in [0.29, 0.717) is 23.9 Å². The Morgan fingerprint density at radius 1 is 1.33 bits per heavy atom. The van der Waals surface area contributed by atoms with Crippen molar-refractivity contribution in [3.8, 4) is 0 Å². The zero-order valence-corrected chi connectivity index (χ0v) is 17.5. The SMILES string of the molecule is CCN(CC)[C@H]1CCO[C@]2(CCN(C(=O)c3ccoc3C)C2)C1.O=C(O)C(F)(F)F. The number of carbonyl (C=O) groups excluding carboxylic acids is 1. The predicted molar refractivity (Wildman–Crippen MR) is 102 cm³/mol. The van der Waals surface area contributed by atoms with Crippen LogP contribution < -0.4 is 0 Å². The summed E-state index contributed by atoms with van der Waals surface area (Å²) in [5.74, 6) is -1.99. The average molecular weight is 434 g/mol. The fraction of sp³-hybridized carbons (Fsp3) is 0.700. The van der Waals surface area contributed by atoms with Crippen LogP contribution >= 0.6 is 0 Å². The molecule has 2 fully saturated rings. The summed E-state index contributed by atoms with van der Waals surface area (Å²) in [5, 5.41) is 7.12. The Morgan fingerprint density at radius 2 is 1.97 bits per heavy atom. The molecular weight excluding hydrogens is 405 g/mol. The molecule has 1 spiro atoms. The highest BCUT2D eigenvalue weighted by Crippen LogP contribution is 2.36. The van der Waals surface area contributed by atoms with Crippen molar-refractivity contribution in [2.24, 2.45) is 0 Å². The normalized spacial score (nSPS) is 24.1. The Morgan fingerprint density at radius 3 is 2.47 bits per heavy atom. The van der Waals surface area contributed by atoms with Crippen molar-refractivity contribution in [3.63, 3.8) is 0 Å². The number of ether oxygens (including phenoxy) is 1. The summed E-state index contributed by atoms with van der Waals surface area (Å²) in [7, 11) is 0. The first-order valence-corrected chi connectivity index (χ1v) is 10.0. The lowest BCUT2D eigenvalue weighted by atomic mass is 9.88. The minimum absolute atomic E-state index is 0.0710. The van der Waals surface area contributed by atoms with Gasteiger partial charge in [0.15, 0.2) is 0 Å². The minimum Gasteiger partial charge on any atom is -0.475 e. The van der Waals surface area contributed by atoms with Crippen LogP contribution in [0.2, 0.25) is 0 Å². The molecular formula is C20H29F3N2O5. The van der Waals surface area contributed by atoms with Gasteiger partial charge in [-0.15, -0.1) is 0 Å². The fourth-order valence-electron chi connectivity index (χ4n) is 4.13. The first-order valence-electron chi connectivity index (χ1n) is 10.0. The van der Waals surface area contributed by atoms with Gasteiger partial charge in [0.1, 0.15) is 5.76 Å². The van der Waals surface area contributed by atoms with Crippen molar-refractivity contribution < 1.29 is 37.0 Å².